The van der Waals surface area contributed by atoms with Crippen molar-refractivity contribution >= 4 is 23.6 Å². The Hall–Kier alpha value is -1.99. The molecular weight excluding hydrogens is 408 g/mol. The molecule has 2 saturated heterocycles. The number of likely N-dealkylation sites (tertiary alicyclic amines) is 2. The first-order chi connectivity index (χ1) is 14.2. The monoisotopic (exact) mass is 438 g/mol. The maximum absolute atomic E-state index is 13.3. The van der Waals surface area contributed by atoms with Crippen LogP contribution in [-0.4, -0.2) is 70.4 Å². The minimum absolute atomic E-state index is 0.0799. The summed E-state index contributed by atoms with van der Waals surface area (Å²) < 4.78 is 11.1. The van der Waals surface area contributed by atoms with Gasteiger partial charge in [0.25, 0.3) is 0 Å². The van der Waals surface area contributed by atoms with Crippen LogP contribution in [0.15, 0.2) is 24.3 Å². The van der Waals surface area contributed by atoms with Gasteiger partial charge in [-0.1, -0.05) is 11.6 Å². The van der Waals surface area contributed by atoms with Crippen LogP contribution in [0.1, 0.15) is 46.5 Å². The molecule has 166 valence electrons. The third-order valence-electron chi connectivity index (χ3n) is 5.43. The van der Waals surface area contributed by atoms with Gasteiger partial charge in [0.05, 0.1) is 6.04 Å². The van der Waals surface area contributed by atoms with Crippen molar-refractivity contribution in [2.24, 2.45) is 0 Å². The number of hydrogen-bond donors (Lipinski definition) is 1. The van der Waals surface area contributed by atoms with Crippen molar-refractivity contribution in [1.29, 1.82) is 0 Å². The highest BCUT2D eigenvalue weighted by atomic mass is 35.5. The predicted molar refractivity (Wildman–Crippen MR) is 114 cm³/mol. The molecule has 0 bridgehead atoms. The van der Waals surface area contributed by atoms with E-state index in [1.165, 1.54) is 4.90 Å². The predicted octanol–water partition coefficient (Wildman–Crippen LogP) is 3.47. The van der Waals surface area contributed by atoms with Gasteiger partial charge in [0, 0.05) is 18.1 Å². The van der Waals surface area contributed by atoms with Gasteiger partial charge < -0.3 is 19.5 Å². The number of benzene rings is 1. The van der Waals surface area contributed by atoms with Gasteiger partial charge in [-0.15, -0.1) is 0 Å². The fourth-order valence-electron chi connectivity index (χ4n) is 4.04. The molecule has 3 rings (SSSR count). The number of ether oxygens (including phenoxy) is 2. The first-order valence-corrected chi connectivity index (χ1v) is 10.9. The zero-order valence-electron chi connectivity index (χ0n) is 17.8. The second-order valence-electron chi connectivity index (χ2n) is 8.91. The second kappa shape index (κ2) is 9.43. The highest BCUT2D eigenvalue weighted by Crippen LogP contribution is 2.28. The largest absolute Gasteiger partial charge is 0.491 e. The minimum atomic E-state index is -0.816. The number of aliphatic hydroxyl groups is 1. The number of halogens is 1. The van der Waals surface area contributed by atoms with E-state index in [2.05, 4.69) is 0 Å². The van der Waals surface area contributed by atoms with E-state index in [1.54, 1.807) is 29.2 Å². The normalized spacial score (nSPS) is 22.8. The lowest BCUT2D eigenvalue weighted by atomic mass is 10.1. The van der Waals surface area contributed by atoms with Crippen LogP contribution >= 0.6 is 11.6 Å². The molecular formula is C22H31ClN2O5. The molecule has 2 fully saturated rings. The summed E-state index contributed by atoms with van der Waals surface area (Å²) in [5.41, 5.74) is -0.612. The Morgan fingerprint density at radius 2 is 1.77 bits per heavy atom. The summed E-state index contributed by atoms with van der Waals surface area (Å²) in [6, 6.07) is 6.06. The maximum atomic E-state index is 13.3. The molecule has 2 heterocycles. The van der Waals surface area contributed by atoms with Crippen LogP contribution in [0.2, 0.25) is 5.02 Å². The number of carbonyl (C=O) groups excluding carboxylic acids is 2. The number of nitrogens with zero attached hydrogens (tertiary/aromatic N) is 2. The first-order valence-electron chi connectivity index (χ1n) is 10.5. The molecule has 2 aliphatic rings. The Bertz CT molecular complexity index is 749. The van der Waals surface area contributed by atoms with Crippen molar-refractivity contribution in [3.63, 3.8) is 0 Å². The fraction of sp³-hybridized carbons (Fsp3) is 0.636. The van der Waals surface area contributed by atoms with E-state index in [4.69, 9.17) is 21.1 Å². The van der Waals surface area contributed by atoms with Crippen LogP contribution in [0.4, 0.5) is 4.79 Å². The molecule has 0 aromatic heterocycles. The van der Waals surface area contributed by atoms with Crippen LogP contribution < -0.4 is 4.74 Å². The lowest BCUT2D eigenvalue weighted by Crippen LogP contribution is -2.53. The molecule has 0 spiro atoms. The SMILES string of the molecule is CC(C)(C)OC(=O)N1CCC[C@H]1C(=O)N1CCC[C@H]1C(O)COc1ccc(Cl)cc1. The molecule has 1 aromatic carbocycles. The molecule has 0 saturated carbocycles. The van der Waals surface area contributed by atoms with Gasteiger partial charge in [-0.2, -0.15) is 0 Å². The second-order valence-corrected chi connectivity index (χ2v) is 9.34. The molecule has 1 unspecified atom stereocenters. The van der Waals surface area contributed by atoms with Gasteiger partial charge >= 0.3 is 6.09 Å². The highest BCUT2D eigenvalue weighted by Gasteiger charge is 2.43. The lowest BCUT2D eigenvalue weighted by Gasteiger charge is -2.34. The summed E-state index contributed by atoms with van der Waals surface area (Å²) >= 11 is 5.88. The Labute approximate surface area is 182 Å². The van der Waals surface area contributed by atoms with E-state index in [9.17, 15) is 14.7 Å². The van der Waals surface area contributed by atoms with E-state index in [0.717, 1.165) is 12.8 Å². The molecule has 2 aliphatic heterocycles. The molecule has 7 nitrogen and oxygen atoms in total. The minimum Gasteiger partial charge on any atom is -0.491 e. The van der Waals surface area contributed by atoms with Crippen molar-refractivity contribution in [2.75, 3.05) is 19.7 Å². The number of rotatable bonds is 5. The quantitative estimate of drug-likeness (QED) is 0.761. The molecule has 30 heavy (non-hydrogen) atoms. The third-order valence-corrected chi connectivity index (χ3v) is 5.68. The van der Waals surface area contributed by atoms with Crippen LogP contribution in [0.25, 0.3) is 0 Å². The van der Waals surface area contributed by atoms with Gasteiger partial charge in [-0.25, -0.2) is 4.79 Å². The highest BCUT2D eigenvalue weighted by molar-refractivity contribution is 6.30. The summed E-state index contributed by atoms with van der Waals surface area (Å²) in [4.78, 5) is 29.0. The zero-order chi connectivity index (χ0) is 21.9. The summed E-state index contributed by atoms with van der Waals surface area (Å²) in [6.07, 6.45) is 1.61. The van der Waals surface area contributed by atoms with Crippen molar-refractivity contribution in [3.05, 3.63) is 29.3 Å². The van der Waals surface area contributed by atoms with Gasteiger partial charge in [0.2, 0.25) is 5.91 Å². The van der Waals surface area contributed by atoms with Crippen molar-refractivity contribution in [1.82, 2.24) is 9.80 Å². The van der Waals surface area contributed by atoms with Crippen molar-refractivity contribution < 1.29 is 24.2 Å². The van der Waals surface area contributed by atoms with Crippen molar-refractivity contribution in [2.45, 2.75) is 70.2 Å². The maximum Gasteiger partial charge on any atom is 0.410 e. The zero-order valence-corrected chi connectivity index (χ0v) is 18.6. The van der Waals surface area contributed by atoms with Crippen LogP contribution in [0.5, 0.6) is 5.75 Å². The Balaban J connectivity index is 1.61. The average molecular weight is 439 g/mol. The van der Waals surface area contributed by atoms with Gasteiger partial charge in [-0.3, -0.25) is 9.69 Å². The molecule has 3 atom stereocenters. The van der Waals surface area contributed by atoms with Crippen LogP contribution in [-0.2, 0) is 9.53 Å². The Morgan fingerprint density at radius 1 is 1.13 bits per heavy atom. The smallest absolute Gasteiger partial charge is 0.410 e. The summed E-state index contributed by atoms with van der Waals surface area (Å²) in [5, 5.41) is 11.3. The third kappa shape index (κ3) is 5.58. The van der Waals surface area contributed by atoms with E-state index < -0.39 is 23.8 Å². The molecule has 0 radical (unpaired) electrons. The van der Waals surface area contributed by atoms with E-state index >= 15 is 0 Å². The fourth-order valence-corrected chi connectivity index (χ4v) is 4.17. The Morgan fingerprint density at radius 3 is 2.43 bits per heavy atom. The Kier molecular flexibility index (Phi) is 7.14. The standard InChI is InChI=1S/C22H31ClN2O5/c1-22(2,3)30-21(28)25-13-5-7-18(25)20(27)24-12-4-6-17(24)19(26)14-29-16-10-8-15(23)9-11-16/h8-11,17-19,26H,4-7,12-14H2,1-3H3/t17-,18-,19?/m0/s1. The lowest BCUT2D eigenvalue weighted by molar-refractivity contribution is -0.139. The average Bonchev–Trinajstić information content (AvgIpc) is 3.35. The molecule has 2 amide bonds. The van der Waals surface area contributed by atoms with Gasteiger partial charge in [-0.05, 0) is 70.7 Å². The first kappa shape index (κ1) is 22.7. The van der Waals surface area contributed by atoms with Gasteiger partial charge in [0.15, 0.2) is 0 Å². The number of aliphatic hydroxyl groups excluding tert-OH is 1. The topological polar surface area (TPSA) is 79.3 Å². The number of amides is 2. The summed E-state index contributed by atoms with van der Waals surface area (Å²) in [5.74, 6) is 0.493. The molecule has 1 aromatic rings. The van der Waals surface area contributed by atoms with E-state index in [-0.39, 0.29) is 18.6 Å². The van der Waals surface area contributed by atoms with Crippen LogP contribution in [0.3, 0.4) is 0 Å². The van der Waals surface area contributed by atoms with Gasteiger partial charge in [0.1, 0.15) is 30.1 Å². The van der Waals surface area contributed by atoms with E-state index in [1.807, 2.05) is 20.8 Å². The molecule has 8 heteroatoms. The van der Waals surface area contributed by atoms with E-state index in [0.29, 0.717) is 36.7 Å². The summed E-state index contributed by atoms with van der Waals surface area (Å²) in [7, 11) is 0. The van der Waals surface area contributed by atoms with Crippen molar-refractivity contribution in [3.8, 4) is 5.75 Å². The van der Waals surface area contributed by atoms with Crippen LogP contribution in [0, 0.1) is 0 Å². The number of hydrogen-bond acceptors (Lipinski definition) is 5. The number of carbonyl (C=O) groups is 2. The molecule has 1 N–H and O–H groups in total. The summed E-state index contributed by atoms with van der Waals surface area (Å²) in [6.45, 7) is 6.59. The molecule has 0 aliphatic carbocycles.